The first-order chi connectivity index (χ1) is 16.6. The maximum atomic E-state index is 12.5. The third-order valence-electron chi connectivity index (χ3n) is 6.81. The largest absolute Gasteiger partial charge is 0.379 e. The Morgan fingerprint density at radius 2 is 1.97 bits per heavy atom. The molecule has 4 rings (SSSR count). The fourth-order valence-corrected chi connectivity index (χ4v) is 5.19. The molecule has 2 amide bonds. The van der Waals surface area contributed by atoms with Crippen molar-refractivity contribution in [3.63, 3.8) is 0 Å². The third kappa shape index (κ3) is 7.11. The number of nitrogens with one attached hydrogen (secondary N) is 4. The van der Waals surface area contributed by atoms with Gasteiger partial charge in [0.05, 0.1) is 19.3 Å². The average molecular weight is 489 g/mol. The standard InChI is InChI=1S/C24H36N6O3S/c31-22(26-15-18-4-2-1-3-5-18)7-6-20-16-27-23(32)21-14-19(17-30(20)21)28-24(34)25-8-9-29-10-12-33-13-11-29/h1-5,19-21H,6-17H2,(H,26,31)(H,27,32)(H2,25,28,34)/t19-,20-,21+/m0/s1. The Hall–Kier alpha value is -2.27. The van der Waals surface area contributed by atoms with Crippen LogP contribution >= 0.6 is 12.2 Å². The number of carbonyl (C=O) groups is 2. The number of fused-ring (bicyclic) bond motifs is 1. The van der Waals surface area contributed by atoms with E-state index < -0.39 is 0 Å². The van der Waals surface area contributed by atoms with Crippen LogP contribution in [-0.2, 0) is 20.9 Å². The van der Waals surface area contributed by atoms with Gasteiger partial charge >= 0.3 is 0 Å². The van der Waals surface area contributed by atoms with E-state index in [4.69, 9.17) is 17.0 Å². The van der Waals surface area contributed by atoms with Crippen molar-refractivity contribution < 1.29 is 14.3 Å². The molecule has 3 aliphatic rings. The molecule has 1 aromatic carbocycles. The zero-order valence-electron chi connectivity index (χ0n) is 19.6. The fraction of sp³-hybridized carbons (Fsp3) is 0.625. The number of ether oxygens (including phenoxy) is 1. The van der Waals surface area contributed by atoms with Gasteiger partial charge < -0.3 is 26.0 Å². The predicted molar refractivity (Wildman–Crippen MR) is 134 cm³/mol. The van der Waals surface area contributed by atoms with Crippen LogP contribution in [0.15, 0.2) is 30.3 Å². The van der Waals surface area contributed by atoms with E-state index in [1.807, 2.05) is 30.3 Å². The molecule has 3 heterocycles. The molecule has 0 radical (unpaired) electrons. The molecule has 3 saturated heterocycles. The summed E-state index contributed by atoms with van der Waals surface area (Å²) in [4.78, 5) is 29.5. The number of rotatable bonds is 9. The summed E-state index contributed by atoms with van der Waals surface area (Å²) in [5.41, 5.74) is 1.09. The van der Waals surface area contributed by atoms with Crippen molar-refractivity contribution in [1.82, 2.24) is 31.1 Å². The number of hydrogen-bond acceptors (Lipinski definition) is 6. The van der Waals surface area contributed by atoms with Gasteiger partial charge in [0.2, 0.25) is 11.8 Å². The van der Waals surface area contributed by atoms with E-state index in [-0.39, 0.29) is 29.9 Å². The molecule has 3 atom stereocenters. The topological polar surface area (TPSA) is 98.0 Å². The molecule has 9 nitrogen and oxygen atoms in total. The first-order valence-electron chi connectivity index (χ1n) is 12.3. The highest BCUT2D eigenvalue weighted by Crippen LogP contribution is 2.25. The highest BCUT2D eigenvalue weighted by Gasteiger charge is 2.43. The minimum absolute atomic E-state index is 0.0387. The van der Waals surface area contributed by atoms with Crippen LogP contribution in [-0.4, -0.2) is 97.3 Å². The Balaban J connectivity index is 1.18. The zero-order chi connectivity index (χ0) is 23.8. The third-order valence-corrected chi connectivity index (χ3v) is 7.07. The number of benzene rings is 1. The number of morpholine rings is 1. The number of carbonyl (C=O) groups excluding carboxylic acids is 2. The average Bonchev–Trinajstić information content (AvgIpc) is 3.28. The molecule has 34 heavy (non-hydrogen) atoms. The summed E-state index contributed by atoms with van der Waals surface area (Å²) in [6.45, 7) is 7.09. The molecule has 3 fully saturated rings. The van der Waals surface area contributed by atoms with Crippen LogP contribution in [0.1, 0.15) is 24.8 Å². The molecular weight excluding hydrogens is 452 g/mol. The van der Waals surface area contributed by atoms with Gasteiger partial charge in [0.15, 0.2) is 5.11 Å². The molecule has 186 valence electrons. The normalized spacial score (nSPS) is 25.3. The quantitative estimate of drug-likeness (QED) is 0.356. The van der Waals surface area contributed by atoms with E-state index in [0.717, 1.165) is 51.5 Å². The number of amides is 2. The van der Waals surface area contributed by atoms with Gasteiger partial charge in [-0.25, -0.2) is 0 Å². The lowest BCUT2D eigenvalue weighted by Gasteiger charge is -2.37. The SMILES string of the molecule is O=C(CC[C@H]1CNC(=O)[C@H]2C[C@H](NC(=S)NCCN3CCOCC3)CN12)NCc1ccccc1. The van der Waals surface area contributed by atoms with E-state index in [9.17, 15) is 9.59 Å². The van der Waals surface area contributed by atoms with Crippen molar-refractivity contribution in [1.29, 1.82) is 0 Å². The molecule has 0 bridgehead atoms. The Morgan fingerprint density at radius 3 is 2.76 bits per heavy atom. The van der Waals surface area contributed by atoms with Gasteiger partial charge in [0.1, 0.15) is 0 Å². The Morgan fingerprint density at radius 1 is 1.18 bits per heavy atom. The minimum atomic E-state index is -0.167. The molecule has 0 unspecified atom stereocenters. The van der Waals surface area contributed by atoms with Crippen molar-refractivity contribution in [3.8, 4) is 0 Å². The monoisotopic (exact) mass is 488 g/mol. The highest BCUT2D eigenvalue weighted by atomic mass is 32.1. The summed E-state index contributed by atoms with van der Waals surface area (Å²) in [5, 5.41) is 13.3. The molecule has 0 spiro atoms. The van der Waals surface area contributed by atoms with Crippen molar-refractivity contribution in [2.45, 2.75) is 43.9 Å². The Kier molecular flexibility index (Phi) is 9.09. The summed E-state index contributed by atoms with van der Waals surface area (Å²) in [6.07, 6.45) is 1.87. The summed E-state index contributed by atoms with van der Waals surface area (Å²) >= 11 is 5.50. The van der Waals surface area contributed by atoms with Crippen LogP contribution in [0.25, 0.3) is 0 Å². The van der Waals surface area contributed by atoms with Crippen molar-refractivity contribution in [2.75, 3.05) is 52.5 Å². The number of piperazine rings is 1. The molecule has 1 aromatic rings. The second kappa shape index (κ2) is 12.4. The predicted octanol–water partition coefficient (Wildman–Crippen LogP) is -0.179. The van der Waals surface area contributed by atoms with Crippen molar-refractivity contribution in [2.24, 2.45) is 0 Å². The van der Waals surface area contributed by atoms with Gasteiger partial charge in [0, 0.05) is 64.3 Å². The second-order valence-corrected chi connectivity index (χ2v) is 9.61. The van der Waals surface area contributed by atoms with Crippen molar-refractivity contribution in [3.05, 3.63) is 35.9 Å². The van der Waals surface area contributed by atoms with Crippen LogP contribution < -0.4 is 21.3 Å². The lowest BCUT2D eigenvalue weighted by Crippen LogP contribution is -2.58. The van der Waals surface area contributed by atoms with Gasteiger partial charge in [-0.2, -0.15) is 0 Å². The zero-order valence-corrected chi connectivity index (χ0v) is 20.4. The molecule has 10 heteroatoms. The van der Waals surface area contributed by atoms with E-state index in [0.29, 0.717) is 37.5 Å². The first kappa shape index (κ1) is 24.8. The van der Waals surface area contributed by atoms with Crippen LogP contribution in [0.4, 0.5) is 0 Å². The second-order valence-electron chi connectivity index (χ2n) is 9.20. The summed E-state index contributed by atoms with van der Waals surface area (Å²) in [7, 11) is 0. The molecule has 0 aliphatic carbocycles. The van der Waals surface area contributed by atoms with Gasteiger partial charge in [-0.05, 0) is 30.6 Å². The van der Waals surface area contributed by atoms with E-state index in [1.165, 1.54) is 0 Å². The van der Waals surface area contributed by atoms with Crippen molar-refractivity contribution >= 4 is 29.1 Å². The van der Waals surface area contributed by atoms with Crippen LogP contribution in [0, 0.1) is 0 Å². The molecule has 0 saturated carbocycles. The summed E-state index contributed by atoms with van der Waals surface area (Å²) in [5.74, 6) is 0.108. The van der Waals surface area contributed by atoms with Gasteiger partial charge in [-0.15, -0.1) is 0 Å². The van der Waals surface area contributed by atoms with Crippen LogP contribution in [0.3, 0.4) is 0 Å². The number of hydrogen-bond donors (Lipinski definition) is 4. The summed E-state index contributed by atoms with van der Waals surface area (Å²) in [6, 6.07) is 10.0. The van der Waals surface area contributed by atoms with Crippen LogP contribution in [0.2, 0.25) is 0 Å². The number of nitrogens with zero attached hydrogens (tertiary/aromatic N) is 2. The molecule has 0 aromatic heterocycles. The maximum absolute atomic E-state index is 12.5. The van der Waals surface area contributed by atoms with E-state index in [1.54, 1.807) is 0 Å². The molecular formula is C24H36N6O3S. The summed E-state index contributed by atoms with van der Waals surface area (Å²) < 4.78 is 5.38. The smallest absolute Gasteiger partial charge is 0.237 e. The molecule has 3 aliphatic heterocycles. The Labute approximate surface area is 206 Å². The van der Waals surface area contributed by atoms with Gasteiger partial charge in [0.25, 0.3) is 0 Å². The van der Waals surface area contributed by atoms with Gasteiger partial charge in [-0.3, -0.25) is 19.4 Å². The van der Waals surface area contributed by atoms with Gasteiger partial charge in [-0.1, -0.05) is 30.3 Å². The highest BCUT2D eigenvalue weighted by molar-refractivity contribution is 7.80. The fourth-order valence-electron chi connectivity index (χ4n) is 4.92. The maximum Gasteiger partial charge on any atom is 0.237 e. The lowest BCUT2D eigenvalue weighted by atomic mass is 10.0. The number of thiocarbonyl (C=S) groups is 1. The van der Waals surface area contributed by atoms with E-state index in [2.05, 4.69) is 31.1 Å². The van der Waals surface area contributed by atoms with E-state index >= 15 is 0 Å². The minimum Gasteiger partial charge on any atom is -0.379 e. The molecule has 4 N–H and O–H groups in total. The lowest BCUT2D eigenvalue weighted by molar-refractivity contribution is -0.129. The van der Waals surface area contributed by atoms with Crippen LogP contribution in [0.5, 0.6) is 0 Å². The first-order valence-corrected chi connectivity index (χ1v) is 12.7. The Bertz CT molecular complexity index is 835.